The van der Waals surface area contributed by atoms with Gasteiger partial charge in [0.15, 0.2) is 16.7 Å². The van der Waals surface area contributed by atoms with Gasteiger partial charge in [0.05, 0.1) is 20.3 Å². The van der Waals surface area contributed by atoms with Gasteiger partial charge in [-0.15, -0.1) is 5.10 Å². The number of fused-ring (bicyclic) bond motifs is 1. The summed E-state index contributed by atoms with van der Waals surface area (Å²) in [7, 11) is 3.27. The maximum absolute atomic E-state index is 13.3. The topological polar surface area (TPSA) is 69.5 Å². The van der Waals surface area contributed by atoms with Crippen LogP contribution in [-0.2, 0) is 0 Å². The predicted octanol–water partition coefficient (Wildman–Crippen LogP) is 3.44. The highest BCUT2D eigenvalue weighted by Crippen LogP contribution is 2.44. The van der Waals surface area contributed by atoms with Crippen molar-refractivity contribution in [3.05, 3.63) is 29.6 Å². The van der Waals surface area contributed by atoms with Crippen LogP contribution < -0.4 is 9.47 Å². The van der Waals surface area contributed by atoms with Crippen molar-refractivity contribution >= 4 is 17.7 Å². The van der Waals surface area contributed by atoms with Crippen molar-refractivity contribution in [3.8, 4) is 11.5 Å². The second-order valence-corrected chi connectivity index (χ2v) is 9.30. The number of carbonyl (C=O) groups is 1. The number of methoxy groups -OCH3 is 2. The van der Waals surface area contributed by atoms with Crippen LogP contribution in [0.2, 0.25) is 0 Å². The zero-order valence-electron chi connectivity index (χ0n) is 17.6. The summed E-state index contributed by atoms with van der Waals surface area (Å²) in [5, 5.41) is 4.70. The van der Waals surface area contributed by atoms with Gasteiger partial charge in [-0.25, -0.2) is 4.98 Å². The molecular weight excluding hydrogens is 388 g/mol. The highest BCUT2D eigenvalue weighted by molar-refractivity contribution is 8.00. The van der Waals surface area contributed by atoms with E-state index in [2.05, 4.69) is 28.8 Å². The molecular formula is C21H28N4O3S. The van der Waals surface area contributed by atoms with Crippen LogP contribution in [0.1, 0.15) is 42.5 Å². The first-order chi connectivity index (χ1) is 13.9. The molecule has 0 aliphatic carbocycles. The normalized spacial score (nSPS) is 25.7. The molecule has 0 amide bonds. The van der Waals surface area contributed by atoms with E-state index >= 15 is 0 Å². The average molecular weight is 417 g/mol. The van der Waals surface area contributed by atoms with Crippen molar-refractivity contribution in [2.24, 2.45) is 11.8 Å². The van der Waals surface area contributed by atoms with E-state index in [0.717, 1.165) is 18.7 Å². The van der Waals surface area contributed by atoms with Crippen LogP contribution in [0.15, 0.2) is 23.4 Å². The van der Waals surface area contributed by atoms with E-state index in [4.69, 9.17) is 9.47 Å². The maximum atomic E-state index is 13.3. The van der Waals surface area contributed by atoms with E-state index in [1.54, 1.807) is 14.2 Å². The van der Waals surface area contributed by atoms with E-state index in [1.807, 2.05) is 25.1 Å². The summed E-state index contributed by atoms with van der Waals surface area (Å²) >= 11 is 1.51. The van der Waals surface area contributed by atoms with Crippen molar-refractivity contribution < 1.29 is 14.3 Å². The third-order valence-corrected chi connectivity index (χ3v) is 6.88. The van der Waals surface area contributed by atoms with Crippen molar-refractivity contribution in [3.63, 3.8) is 0 Å². The highest BCUT2D eigenvalue weighted by atomic mass is 32.2. The molecule has 0 spiro atoms. The largest absolute Gasteiger partial charge is 0.493 e. The van der Waals surface area contributed by atoms with Crippen LogP contribution in [0.25, 0.3) is 0 Å². The zero-order valence-corrected chi connectivity index (χ0v) is 18.4. The van der Waals surface area contributed by atoms with Gasteiger partial charge in [0, 0.05) is 13.1 Å². The van der Waals surface area contributed by atoms with E-state index in [1.165, 1.54) is 22.9 Å². The highest BCUT2D eigenvalue weighted by Gasteiger charge is 2.44. The molecule has 156 valence electrons. The van der Waals surface area contributed by atoms with Gasteiger partial charge in [-0.3, -0.25) is 9.69 Å². The zero-order chi connectivity index (χ0) is 20.7. The molecule has 2 aliphatic rings. The van der Waals surface area contributed by atoms with Crippen molar-refractivity contribution in [2.45, 2.75) is 43.6 Å². The summed E-state index contributed by atoms with van der Waals surface area (Å²) in [5.41, 5.74) is 1.05. The summed E-state index contributed by atoms with van der Waals surface area (Å²) in [6, 6.07) is 5.88. The molecule has 2 aromatic rings. The number of piperidine rings is 1. The van der Waals surface area contributed by atoms with E-state index in [-0.39, 0.29) is 17.2 Å². The van der Waals surface area contributed by atoms with Gasteiger partial charge in [-0.1, -0.05) is 31.7 Å². The number of hydrogen-bond donors (Lipinski definition) is 0. The van der Waals surface area contributed by atoms with Gasteiger partial charge in [0.25, 0.3) is 5.91 Å². The molecule has 2 aliphatic heterocycles. The van der Waals surface area contributed by atoms with Crippen molar-refractivity contribution in [1.82, 2.24) is 19.7 Å². The molecule has 0 bridgehead atoms. The molecule has 1 aromatic heterocycles. The SMILES string of the molecule is COc1ccc(C(C2Sc3nc(C)nn3C2=O)N2CC(C)CC(C)C2)cc1OC. The lowest BCUT2D eigenvalue weighted by Gasteiger charge is -2.41. The Labute approximate surface area is 175 Å². The molecule has 1 fully saturated rings. The lowest BCUT2D eigenvalue weighted by molar-refractivity contribution is 0.0712. The van der Waals surface area contributed by atoms with Crippen molar-refractivity contribution in [2.75, 3.05) is 27.3 Å². The van der Waals surface area contributed by atoms with Crippen LogP contribution in [0.5, 0.6) is 11.5 Å². The van der Waals surface area contributed by atoms with Gasteiger partial charge in [-0.2, -0.15) is 4.68 Å². The Hall–Kier alpha value is -2.06. The number of likely N-dealkylation sites (tertiary alicyclic amines) is 1. The molecule has 4 unspecified atom stereocenters. The fraction of sp³-hybridized carbons (Fsp3) is 0.571. The first kappa shape index (κ1) is 20.2. The third-order valence-electron chi connectivity index (χ3n) is 5.69. The Kier molecular flexibility index (Phi) is 5.57. The van der Waals surface area contributed by atoms with Crippen LogP contribution in [-0.4, -0.2) is 58.1 Å². The van der Waals surface area contributed by atoms with Crippen LogP contribution in [0.4, 0.5) is 0 Å². The minimum atomic E-state index is -0.291. The number of benzene rings is 1. The quantitative estimate of drug-likeness (QED) is 0.739. The Balaban J connectivity index is 1.74. The van der Waals surface area contributed by atoms with Gasteiger partial charge < -0.3 is 9.47 Å². The second kappa shape index (κ2) is 7.99. The first-order valence-corrected chi connectivity index (χ1v) is 10.9. The third kappa shape index (κ3) is 3.75. The summed E-state index contributed by atoms with van der Waals surface area (Å²) in [5.74, 6) is 3.15. The Morgan fingerprint density at radius 3 is 2.45 bits per heavy atom. The number of thioether (sulfide) groups is 1. The molecule has 3 heterocycles. The molecule has 4 rings (SSSR count). The number of hydrogen-bond acceptors (Lipinski definition) is 7. The van der Waals surface area contributed by atoms with E-state index in [9.17, 15) is 4.79 Å². The summed E-state index contributed by atoms with van der Waals surface area (Å²) in [6.45, 7) is 8.31. The van der Waals surface area contributed by atoms with Gasteiger partial charge >= 0.3 is 0 Å². The summed E-state index contributed by atoms with van der Waals surface area (Å²) < 4.78 is 12.4. The van der Waals surface area contributed by atoms with Crippen LogP contribution in [0.3, 0.4) is 0 Å². The first-order valence-electron chi connectivity index (χ1n) is 10.0. The van der Waals surface area contributed by atoms with Crippen LogP contribution in [0, 0.1) is 18.8 Å². The molecule has 0 saturated carbocycles. The molecule has 1 aromatic carbocycles. The van der Waals surface area contributed by atoms with Gasteiger partial charge in [0.1, 0.15) is 11.1 Å². The predicted molar refractivity (Wildman–Crippen MR) is 112 cm³/mol. The fourth-order valence-corrected chi connectivity index (χ4v) is 5.95. The number of ether oxygens (including phenoxy) is 2. The van der Waals surface area contributed by atoms with Crippen molar-refractivity contribution in [1.29, 1.82) is 0 Å². The smallest absolute Gasteiger partial charge is 0.264 e. The molecule has 8 heteroatoms. The molecule has 1 saturated heterocycles. The summed E-state index contributed by atoms with van der Waals surface area (Å²) in [4.78, 5) is 20.2. The second-order valence-electron chi connectivity index (χ2n) is 8.19. The lowest BCUT2D eigenvalue weighted by atomic mass is 9.88. The molecule has 0 N–H and O–H groups in total. The number of aryl methyl sites for hydroxylation is 1. The minimum Gasteiger partial charge on any atom is -0.493 e. The number of aromatic nitrogens is 3. The number of carbonyl (C=O) groups excluding carboxylic acids is 1. The maximum Gasteiger partial charge on any atom is 0.264 e. The Bertz CT molecular complexity index is 905. The van der Waals surface area contributed by atoms with Gasteiger partial charge in [0.2, 0.25) is 0 Å². The summed E-state index contributed by atoms with van der Waals surface area (Å²) in [6.07, 6.45) is 1.21. The molecule has 0 radical (unpaired) electrons. The van der Waals surface area contributed by atoms with E-state index in [0.29, 0.717) is 34.3 Å². The lowest BCUT2D eigenvalue weighted by Crippen LogP contribution is -2.46. The standard InChI is InChI=1S/C21H28N4O3S/c1-12-8-13(2)11-24(10-12)18(15-6-7-16(27-4)17(9-15)28-5)19-20(26)25-21(29-19)22-14(3)23-25/h6-7,9,12-13,18-19H,8,10-11H2,1-5H3. The van der Waals surface area contributed by atoms with Crippen LogP contribution >= 0.6 is 11.8 Å². The number of nitrogens with zero attached hydrogens (tertiary/aromatic N) is 4. The fourth-order valence-electron chi connectivity index (χ4n) is 4.65. The molecule has 4 atom stereocenters. The molecule has 29 heavy (non-hydrogen) atoms. The number of rotatable bonds is 5. The van der Waals surface area contributed by atoms with Gasteiger partial charge in [-0.05, 0) is 42.9 Å². The minimum absolute atomic E-state index is 0.00346. The Morgan fingerprint density at radius 1 is 1.14 bits per heavy atom. The monoisotopic (exact) mass is 416 g/mol. The van der Waals surface area contributed by atoms with E-state index < -0.39 is 0 Å². The molecule has 7 nitrogen and oxygen atoms in total. The Morgan fingerprint density at radius 2 is 1.83 bits per heavy atom. The average Bonchev–Trinajstić information content (AvgIpc) is 3.18.